The lowest BCUT2D eigenvalue weighted by molar-refractivity contribution is 0.0958. The van der Waals surface area contributed by atoms with E-state index in [0.717, 1.165) is 0 Å². The van der Waals surface area contributed by atoms with E-state index in [9.17, 15) is 14.4 Å². The van der Waals surface area contributed by atoms with E-state index in [2.05, 4.69) is 15.3 Å². The van der Waals surface area contributed by atoms with Gasteiger partial charge in [-0.2, -0.15) is 0 Å². The molecular formula is C20H19N5O4. The Morgan fingerprint density at radius 3 is 2.31 bits per heavy atom. The maximum atomic E-state index is 12.6. The molecule has 9 nitrogen and oxygen atoms in total. The molecule has 0 saturated heterocycles. The van der Waals surface area contributed by atoms with Crippen LogP contribution >= 0.6 is 0 Å². The minimum Gasteiger partial charge on any atom is -0.497 e. The van der Waals surface area contributed by atoms with Gasteiger partial charge in [0.05, 0.1) is 13.4 Å². The number of nitrogens with zero attached hydrogens (tertiary/aromatic N) is 2. The van der Waals surface area contributed by atoms with Crippen LogP contribution in [-0.4, -0.2) is 41.8 Å². The maximum Gasteiger partial charge on any atom is 0.279 e. The molecule has 0 unspecified atom stereocenters. The number of anilines is 2. The molecule has 0 spiro atoms. The Bertz CT molecular complexity index is 1040. The van der Waals surface area contributed by atoms with Gasteiger partial charge >= 0.3 is 0 Å². The first-order chi connectivity index (χ1) is 13.9. The van der Waals surface area contributed by atoms with Crippen LogP contribution in [0.5, 0.6) is 5.75 Å². The molecule has 0 aliphatic heterocycles. The van der Waals surface area contributed by atoms with E-state index < -0.39 is 11.8 Å². The number of benzene rings is 2. The lowest BCUT2D eigenvalue weighted by Gasteiger charge is -2.17. The van der Waals surface area contributed by atoms with Crippen molar-refractivity contribution in [2.24, 2.45) is 5.73 Å². The van der Waals surface area contributed by atoms with Gasteiger partial charge in [0, 0.05) is 24.0 Å². The van der Waals surface area contributed by atoms with E-state index >= 15 is 0 Å². The molecule has 3 amide bonds. The SMILES string of the molecule is COc1ccc(C(=O)Nc2ccc(N(C)C(=O)c3nc[nH]c3C(N)=O)cc2)cc1. The molecule has 2 aromatic carbocycles. The molecule has 3 aromatic rings. The van der Waals surface area contributed by atoms with Crippen molar-refractivity contribution in [3.05, 3.63) is 71.8 Å². The van der Waals surface area contributed by atoms with Crippen LogP contribution in [0.1, 0.15) is 31.3 Å². The number of carbonyl (C=O) groups excluding carboxylic acids is 3. The zero-order valence-electron chi connectivity index (χ0n) is 15.8. The summed E-state index contributed by atoms with van der Waals surface area (Å²) in [7, 11) is 3.10. The molecule has 0 fully saturated rings. The number of hydrogen-bond acceptors (Lipinski definition) is 5. The van der Waals surface area contributed by atoms with E-state index in [-0.39, 0.29) is 17.3 Å². The average molecular weight is 393 g/mol. The summed E-state index contributed by atoms with van der Waals surface area (Å²) in [5.74, 6) is -0.867. The second-order valence-corrected chi connectivity index (χ2v) is 6.08. The third kappa shape index (κ3) is 4.24. The number of nitrogens with two attached hydrogens (primary N) is 1. The Balaban J connectivity index is 1.70. The zero-order chi connectivity index (χ0) is 21.0. The van der Waals surface area contributed by atoms with Gasteiger partial charge in [0.2, 0.25) is 0 Å². The summed E-state index contributed by atoms with van der Waals surface area (Å²) in [6, 6.07) is 13.4. The van der Waals surface area contributed by atoms with Gasteiger partial charge in [0.25, 0.3) is 17.7 Å². The molecule has 29 heavy (non-hydrogen) atoms. The van der Waals surface area contributed by atoms with Gasteiger partial charge in [-0.25, -0.2) is 4.98 Å². The molecule has 0 atom stereocenters. The number of carbonyl (C=O) groups is 3. The Morgan fingerprint density at radius 2 is 1.72 bits per heavy atom. The lowest BCUT2D eigenvalue weighted by Crippen LogP contribution is -2.29. The maximum absolute atomic E-state index is 12.6. The second kappa shape index (κ2) is 8.26. The highest BCUT2D eigenvalue weighted by Crippen LogP contribution is 2.20. The number of primary amides is 1. The number of aromatic nitrogens is 2. The zero-order valence-corrected chi connectivity index (χ0v) is 15.8. The van der Waals surface area contributed by atoms with Crippen LogP contribution in [0.25, 0.3) is 0 Å². The number of H-pyrrole nitrogens is 1. The fourth-order valence-corrected chi connectivity index (χ4v) is 2.63. The number of amides is 3. The molecule has 0 aliphatic rings. The molecular weight excluding hydrogens is 374 g/mol. The highest BCUT2D eigenvalue weighted by atomic mass is 16.5. The van der Waals surface area contributed by atoms with Crippen molar-refractivity contribution in [2.45, 2.75) is 0 Å². The van der Waals surface area contributed by atoms with Crippen molar-refractivity contribution in [2.75, 3.05) is 24.4 Å². The van der Waals surface area contributed by atoms with Crippen LogP contribution in [-0.2, 0) is 0 Å². The number of methoxy groups -OCH3 is 1. The van der Waals surface area contributed by atoms with Gasteiger partial charge in [-0.05, 0) is 48.5 Å². The van der Waals surface area contributed by atoms with Crippen LogP contribution in [0.15, 0.2) is 54.9 Å². The summed E-state index contributed by atoms with van der Waals surface area (Å²) < 4.78 is 5.07. The summed E-state index contributed by atoms with van der Waals surface area (Å²) in [4.78, 5) is 44.1. The van der Waals surface area contributed by atoms with Crippen molar-refractivity contribution in [3.63, 3.8) is 0 Å². The van der Waals surface area contributed by atoms with E-state index in [0.29, 0.717) is 22.7 Å². The third-order valence-corrected chi connectivity index (χ3v) is 4.26. The van der Waals surface area contributed by atoms with Crippen LogP contribution in [0.4, 0.5) is 11.4 Å². The Kier molecular flexibility index (Phi) is 5.59. The normalized spacial score (nSPS) is 10.3. The van der Waals surface area contributed by atoms with Crippen LogP contribution in [0.3, 0.4) is 0 Å². The van der Waals surface area contributed by atoms with Gasteiger partial charge in [-0.1, -0.05) is 0 Å². The molecule has 0 saturated carbocycles. The predicted molar refractivity (Wildman–Crippen MR) is 107 cm³/mol. The first-order valence-corrected chi connectivity index (χ1v) is 8.57. The molecule has 1 aromatic heterocycles. The summed E-state index contributed by atoms with van der Waals surface area (Å²) in [6.45, 7) is 0. The number of imidazole rings is 1. The summed E-state index contributed by atoms with van der Waals surface area (Å²) in [6.07, 6.45) is 1.24. The van der Waals surface area contributed by atoms with Gasteiger partial charge < -0.3 is 25.7 Å². The lowest BCUT2D eigenvalue weighted by atomic mass is 10.2. The molecule has 148 valence electrons. The quantitative estimate of drug-likeness (QED) is 0.590. The third-order valence-electron chi connectivity index (χ3n) is 4.26. The molecule has 3 rings (SSSR count). The smallest absolute Gasteiger partial charge is 0.279 e. The molecule has 0 bridgehead atoms. The Hall–Kier alpha value is -4.14. The fraction of sp³-hybridized carbons (Fsp3) is 0.100. The van der Waals surface area contributed by atoms with E-state index in [1.165, 1.54) is 11.2 Å². The molecule has 4 N–H and O–H groups in total. The number of rotatable bonds is 6. The minimum atomic E-state index is -0.768. The van der Waals surface area contributed by atoms with E-state index in [1.54, 1.807) is 62.7 Å². The van der Waals surface area contributed by atoms with Crippen LogP contribution in [0.2, 0.25) is 0 Å². The predicted octanol–water partition coefficient (Wildman–Crippen LogP) is 2.05. The Morgan fingerprint density at radius 1 is 1.07 bits per heavy atom. The fourth-order valence-electron chi connectivity index (χ4n) is 2.63. The molecule has 9 heteroatoms. The summed E-state index contributed by atoms with van der Waals surface area (Å²) >= 11 is 0. The van der Waals surface area contributed by atoms with Crippen molar-refractivity contribution in [3.8, 4) is 5.75 Å². The average Bonchev–Trinajstić information content (AvgIpc) is 3.23. The van der Waals surface area contributed by atoms with Crippen LogP contribution in [0, 0.1) is 0 Å². The van der Waals surface area contributed by atoms with Gasteiger partial charge in [0.1, 0.15) is 11.4 Å². The standard InChI is InChI=1S/C20H19N5O4/c1-25(20(28)17-16(18(21)26)22-11-23-17)14-7-5-13(6-8-14)24-19(27)12-3-9-15(29-2)10-4-12/h3-11H,1-2H3,(H2,21,26)(H,22,23)(H,24,27). The van der Waals surface area contributed by atoms with E-state index in [1.807, 2.05) is 0 Å². The van der Waals surface area contributed by atoms with Gasteiger partial charge in [-0.15, -0.1) is 0 Å². The number of hydrogen-bond donors (Lipinski definition) is 3. The highest BCUT2D eigenvalue weighted by molar-refractivity contribution is 6.11. The van der Waals surface area contributed by atoms with Crippen molar-refractivity contribution >= 4 is 29.1 Å². The monoisotopic (exact) mass is 393 g/mol. The first-order valence-electron chi connectivity index (χ1n) is 8.57. The van der Waals surface area contributed by atoms with Crippen LogP contribution < -0.4 is 20.7 Å². The van der Waals surface area contributed by atoms with Gasteiger partial charge in [-0.3, -0.25) is 14.4 Å². The topological polar surface area (TPSA) is 130 Å². The highest BCUT2D eigenvalue weighted by Gasteiger charge is 2.22. The van der Waals surface area contributed by atoms with Crippen molar-refractivity contribution < 1.29 is 19.1 Å². The number of ether oxygens (including phenoxy) is 1. The van der Waals surface area contributed by atoms with Crippen molar-refractivity contribution in [1.29, 1.82) is 0 Å². The molecule has 1 heterocycles. The second-order valence-electron chi connectivity index (χ2n) is 6.08. The minimum absolute atomic E-state index is 0.0507. The Labute approximate surface area is 166 Å². The number of nitrogens with one attached hydrogen (secondary N) is 2. The van der Waals surface area contributed by atoms with Crippen molar-refractivity contribution in [1.82, 2.24) is 9.97 Å². The number of aromatic amines is 1. The summed E-state index contributed by atoms with van der Waals surface area (Å²) in [5, 5.41) is 2.78. The summed E-state index contributed by atoms with van der Waals surface area (Å²) in [5.41, 5.74) is 6.73. The first kappa shape index (κ1) is 19.6. The largest absolute Gasteiger partial charge is 0.497 e. The molecule has 0 radical (unpaired) electrons. The van der Waals surface area contributed by atoms with E-state index in [4.69, 9.17) is 10.5 Å². The van der Waals surface area contributed by atoms with Gasteiger partial charge in [0.15, 0.2) is 5.69 Å². The molecule has 0 aliphatic carbocycles.